The van der Waals surface area contributed by atoms with Crippen LogP contribution in [0.15, 0.2) is 0 Å². The minimum Gasteiger partial charge on any atom is -0.370 e. The molecule has 0 bridgehead atoms. The Morgan fingerprint density at radius 1 is 1.80 bits per heavy atom. The first kappa shape index (κ1) is 9.80. The van der Waals surface area contributed by atoms with Crippen molar-refractivity contribution in [2.45, 2.75) is 6.42 Å². The second-order valence-corrected chi connectivity index (χ2v) is 5.20. The summed E-state index contributed by atoms with van der Waals surface area (Å²) in [6, 6.07) is 0. The van der Waals surface area contributed by atoms with Crippen LogP contribution in [0.3, 0.4) is 0 Å². The molecule has 0 fully saturated rings. The third-order valence-electron chi connectivity index (χ3n) is 0.646. The summed E-state index contributed by atoms with van der Waals surface area (Å²) in [5, 5.41) is 0. The molecule has 0 aliphatic carbocycles. The fraction of sp³-hybridized carbons (Fsp3) is 0.750. The molecule has 1 atom stereocenters. The number of nitrogens with two attached hydrogens (primary N) is 1. The summed E-state index contributed by atoms with van der Waals surface area (Å²) in [6.45, 7) is 0.0359. The van der Waals surface area contributed by atoms with Crippen LogP contribution in [0.4, 0.5) is 0 Å². The highest BCUT2D eigenvalue weighted by Gasteiger charge is 1.98. The van der Waals surface area contributed by atoms with Gasteiger partial charge in [0.25, 0.3) is 0 Å². The van der Waals surface area contributed by atoms with Crippen LogP contribution in [-0.4, -0.2) is 23.0 Å². The predicted octanol–water partition coefficient (Wildman–Crippen LogP) is -0.831. The van der Waals surface area contributed by atoms with Gasteiger partial charge in [-0.1, -0.05) is 0 Å². The minimum absolute atomic E-state index is 0.0359. The van der Waals surface area contributed by atoms with Crippen LogP contribution in [0.1, 0.15) is 6.42 Å². The summed E-state index contributed by atoms with van der Waals surface area (Å²) in [6.07, 6.45) is 1.34. The van der Waals surface area contributed by atoms with Crippen molar-refractivity contribution >= 4 is 25.9 Å². The van der Waals surface area contributed by atoms with E-state index in [-0.39, 0.29) is 13.0 Å². The van der Waals surface area contributed by atoms with Crippen LogP contribution in [-0.2, 0) is 28.9 Å². The third-order valence-corrected chi connectivity index (χ3v) is 1.53. The lowest BCUT2D eigenvalue weighted by Gasteiger charge is -1.99. The maximum Gasteiger partial charge on any atom is 0.219 e. The molecule has 6 heteroatoms. The number of primary amides is 1. The Bertz CT molecular complexity index is 209. The zero-order chi connectivity index (χ0) is 8.20. The molecule has 0 saturated carbocycles. The van der Waals surface area contributed by atoms with Crippen LogP contribution in [0.25, 0.3) is 0 Å². The number of rotatable bonds is 4. The lowest BCUT2D eigenvalue weighted by Crippen LogP contribution is -2.14. The fourth-order valence-corrected chi connectivity index (χ4v) is 0.884. The Morgan fingerprint density at radius 3 is 2.60 bits per heavy atom. The molecule has 1 unspecified atom stereocenters. The SMILES string of the molecule is CS(=O)(=S)OCCC(N)=O. The second kappa shape index (κ2) is 3.85. The highest BCUT2D eigenvalue weighted by Crippen LogP contribution is 1.89. The topological polar surface area (TPSA) is 69.4 Å². The Morgan fingerprint density at radius 2 is 2.30 bits per heavy atom. The number of carbonyl (C=O) groups excluding carboxylic acids is 1. The van der Waals surface area contributed by atoms with Gasteiger partial charge in [-0.05, 0) is 0 Å². The summed E-state index contributed by atoms with van der Waals surface area (Å²) in [5.41, 5.74) is 4.78. The number of carbonyl (C=O) groups is 1. The second-order valence-electron chi connectivity index (χ2n) is 1.74. The highest BCUT2D eigenvalue weighted by molar-refractivity contribution is 8.29. The van der Waals surface area contributed by atoms with E-state index < -0.39 is 14.7 Å². The van der Waals surface area contributed by atoms with Gasteiger partial charge in [-0.2, -0.15) is 0 Å². The third kappa shape index (κ3) is 7.80. The molecule has 0 aliphatic heterocycles. The summed E-state index contributed by atoms with van der Waals surface area (Å²) < 4.78 is 15.2. The van der Waals surface area contributed by atoms with Crippen molar-refractivity contribution in [1.82, 2.24) is 0 Å². The first-order valence-electron chi connectivity index (χ1n) is 2.54. The summed E-state index contributed by atoms with van der Waals surface area (Å²) >= 11 is 4.39. The van der Waals surface area contributed by atoms with Gasteiger partial charge in [0.1, 0.15) is 8.77 Å². The van der Waals surface area contributed by atoms with Gasteiger partial charge >= 0.3 is 0 Å². The zero-order valence-corrected chi connectivity index (χ0v) is 7.17. The summed E-state index contributed by atoms with van der Waals surface area (Å²) in [5.74, 6) is -0.487. The van der Waals surface area contributed by atoms with Crippen LogP contribution >= 0.6 is 0 Å². The molecule has 0 spiro atoms. The Kier molecular flexibility index (Phi) is 3.77. The van der Waals surface area contributed by atoms with Crippen molar-refractivity contribution in [3.05, 3.63) is 0 Å². The molecule has 0 rings (SSSR count). The van der Waals surface area contributed by atoms with E-state index in [1.165, 1.54) is 6.26 Å². The zero-order valence-electron chi connectivity index (χ0n) is 5.53. The molecule has 0 saturated heterocycles. The van der Waals surface area contributed by atoms with Gasteiger partial charge in [0, 0.05) is 17.4 Å². The van der Waals surface area contributed by atoms with E-state index in [0.29, 0.717) is 0 Å². The molecule has 0 aliphatic rings. The van der Waals surface area contributed by atoms with Crippen molar-refractivity contribution in [1.29, 1.82) is 0 Å². The van der Waals surface area contributed by atoms with Crippen molar-refractivity contribution < 1.29 is 13.2 Å². The van der Waals surface area contributed by atoms with Gasteiger partial charge in [0.15, 0.2) is 0 Å². The van der Waals surface area contributed by atoms with Crippen molar-refractivity contribution in [3.8, 4) is 0 Å². The van der Waals surface area contributed by atoms with E-state index in [4.69, 9.17) is 5.73 Å². The van der Waals surface area contributed by atoms with Crippen molar-refractivity contribution in [3.63, 3.8) is 0 Å². The fourth-order valence-electron chi connectivity index (χ4n) is 0.294. The van der Waals surface area contributed by atoms with Crippen LogP contribution in [0.2, 0.25) is 0 Å². The number of amides is 1. The predicted molar refractivity (Wildman–Crippen MR) is 41.2 cm³/mol. The normalized spacial score (nSPS) is 16.1. The molecule has 10 heavy (non-hydrogen) atoms. The summed E-state index contributed by atoms with van der Waals surface area (Å²) in [4.78, 5) is 10.1. The Balaban J connectivity index is 3.49. The maximum atomic E-state index is 10.6. The molecular weight excluding hydrogens is 174 g/mol. The van der Waals surface area contributed by atoms with Gasteiger partial charge in [-0.15, -0.1) is 0 Å². The van der Waals surface area contributed by atoms with Crippen LogP contribution < -0.4 is 5.73 Å². The molecule has 0 radical (unpaired) electrons. The monoisotopic (exact) mass is 183 g/mol. The molecule has 4 nitrogen and oxygen atoms in total. The molecular formula is C4H9NO3S2. The van der Waals surface area contributed by atoms with E-state index in [0.717, 1.165) is 0 Å². The lowest BCUT2D eigenvalue weighted by molar-refractivity contribution is -0.118. The Labute approximate surface area is 64.6 Å². The Hall–Kier alpha value is -0.200. The molecule has 0 aromatic carbocycles. The summed E-state index contributed by atoms with van der Waals surface area (Å²) in [7, 11) is -2.59. The maximum absolute atomic E-state index is 10.6. The average Bonchev–Trinajstić information content (AvgIpc) is 1.59. The molecule has 60 valence electrons. The van der Waals surface area contributed by atoms with Crippen molar-refractivity contribution in [2.24, 2.45) is 5.73 Å². The number of hydrogen-bond acceptors (Lipinski definition) is 4. The molecule has 0 aromatic heterocycles. The van der Waals surface area contributed by atoms with Crippen LogP contribution in [0, 0.1) is 0 Å². The van der Waals surface area contributed by atoms with E-state index in [9.17, 15) is 9.00 Å². The molecule has 0 heterocycles. The van der Waals surface area contributed by atoms with E-state index in [2.05, 4.69) is 15.4 Å². The highest BCUT2D eigenvalue weighted by atomic mass is 32.8. The number of hydrogen-bond donors (Lipinski definition) is 1. The van der Waals surface area contributed by atoms with E-state index in [1.54, 1.807) is 0 Å². The van der Waals surface area contributed by atoms with Crippen molar-refractivity contribution in [2.75, 3.05) is 12.9 Å². The standard InChI is InChI=1S/C4H9NO3S2/c1-10(7,9)8-3-2-4(5)6/h2-3H2,1H3,(H2,5,6). The average molecular weight is 183 g/mol. The van der Waals surface area contributed by atoms with Gasteiger partial charge < -0.3 is 5.73 Å². The first-order chi connectivity index (χ1) is 4.42. The molecule has 1 amide bonds. The van der Waals surface area contributed by atoms with Crippen LogP contribution in [0.5, 0.6) is 0 Å². The molecule has 0 aromatic rings. The smallest absolute Gasteiger partial charge is 0.219 e. The van der Waals surface area contributed by atoms with E-state index in [1.807, 2.05) is 0 Å². The minimum atomic E-state index is -2.59. The van der Waals surface area contributed by atoms with E-state index >= 15 is 0 Å². The first-order valence-corrected chi connectivity index (χ1v) is 5.36. The van der Waals surface area contributed by atoms with Gasteiger partial charge in [0.05, 0.1) is 13.0 Å². The lowest BCUT2D eigenvalue weighted by atomic mass is 10.4. The van der Waals surface area contributed by atoms with Gasteiger partial charge in [-0.3, -0.25) is 8.98 Å². The molecule has 2 N–H and O–H groups in total. The largest absolute Gasteiger partial charge is 0.370 e. The van der Waals surface area contributed by atoms with Gasteiger partial charge in [-0.25, -0.2) is 4.21 Å². The van der Waals surface area contributed by atoms with Gasteiger partial charge in [0.2, 0.25) is 5.91 Å². The quantitative estimate of drug-likeness (QED) is 0.617.